The summed E-state index contributed by atoms with van der Waals surface area (Å²) >= 11 is 0. The highest BCUT2D eigenvalue weighted by Crippen LogP contribution is 2.45. The zero-order chi connectivity index (χ0) is 38.8. The van der Waals surface area contributed by atoms with Crippen LogP contribution in [0.15, 0.2) is 162 Å². The maximum absolute atomic E-state index is 9.37. The van der Waals surface area contributed by atoms with Crippen LogP contribution in [0.25, 0.3) is 87.6 Å². The van der Waals surface area contributed by atoms with Crippen molar-refractivity contribution in [3.63, 3.8) is 0 Å². The molecule has 0 fully saturated rings. The first-order valence-corrected chi connectivity index (χ1v) is 13.8. The summed E-state index contributed by atoms with van der Waals surface area (Å²) in [6, 6.07) is 21.0. The molecule has 0 spiro atoms. The lowest BCUT2D eigenvalue weighted by Crippen LogP contribution is -1.91. The van der Waals surface area contributed by atoms with Crippen molar-refractivity contribution >= 4 is 54.3 Å². The smallest absolute Gasteiger partial charge is 0.136 e. The van der Waals surface area contributed by atoms with Crippen molar-refractivity contribution in [1.82, 2.24) is 0 Å². The minimum atomic E-state index is -0.527. The van der Waals surface area contributed by atoms with Gasteiger partial charge in [-0.25, -0.2) is 0 Å². The van der Waals surface area contributed by atoms with E-state index in [9.17, 15) is 2.74 Å². The van der Waals surface area contributed by atoms with Gasteiger partial charge in [-0.15, -0.1) is 0 Å². The van der Waals surface area contributed by atoms with E-state index in [2.05, 4.69) is 0 Å². The van der Waals surface area contributed by atoms with Crippen molar-refractivity contribution in [2.45, 2.75) is 0 Å². The fraction of sp³-hybridized carbons (Fsp3) is 0. The summed E-state index contributed by atoms with van der Waals surface area (Å²) in [4.78, 5) is 0. The Morgan fingerprint density at radius 3 is 1.81 bits per heavy atom. The second-order valence-electron chi connectivity index (χ2n) is 10.3. The average Bonchev–Trinajstić information content (AvgIpc) is 3.57. The summed E-state index contributed by atoms with van der Waals surface area (Å²) in [5.74, 6) is 0. The number of hydrogen-bond donors (Lipinski definition) is 0. The Morgan fingerprint density at radius 1 is 0.442 bits per heavy atom. The molecule has 0 bridgehead atoms. The molecule has 1 heterocycles. The lowest BCUT2D eigenvalue weighted by molar-refractivity contribution is 0.669. The fourth-order valence-electron chi connectivity index (χ4n) is 6.19. The Bertz CT molecular complexity index is 3100. The maximum Gasteiger partial charge on any atom is 0.136 e. The first kappa shape index (κ1) is 15.0. The lowest BCUT2D eigenvalue weighted by atomic mass is 9.85. The van der Waals surface area contributed by atoms with E-state index in [0.717, 1.165) is 21.9 Å². The number of hydrogen-bond acceptors (Lipinski definition) is 1. The summed E-state index contributed by atoms with van der Waals surface area (Å²) in [7, 11) is 0. The summed E-state index contributed by atoms with van der Waals surface area (Å²) in [6.07, 6.45) is 0. The van der Waals surface area contributed by atoms with Gasteiger partial charge in [0, 0.05) is 10.8 Å². The Hall–Kier alpha value is -5.66. The van der Waals surface area contributed by atoms with Crippen LogP contribution in [0.4, 0.5) is 0 Å². The van der Waals surface area contributed by atoms with Crippen LogP contribution in [0.5, 0.6) is 0 Å². The van der Waals surface area contributed by atoms with Crippen molar-refractivity contribution < 1.29 is 20.9 Å². The molecule has 0 amide bonds. The maximum atomic E-state index is 9.37. The molecule has 1 nitrogen and oxygen atoms in total. The van der Waals surface area contributed by atoms with Crippen LogP contribution in [0.1, 0.15) is 16.4 Å². The van der Waals surface area contributed by atoms with Gasteiger partial charge in [-0.2, -0.15) is 0 Å². The van der Waals surface area contributed by atoms with Crippen molar-refractivity contribution in [1.29, 1.82) is 0 Å². The molecule has 0 aliphatic carbocycles. The van der Waals surface area contributed by atoms with Crippen LogP contribution < -0.4 is 0 Å². The van der Waals surface area contributed by atoms with Gasteiger partial charge in [0.05, 0.1) is 16.4 Å². The molecule has 0 saturated carbocycles. The molecule has 0 aliphatic rings. The van der Waals surface area contributed by atoms with E-state index in [1.165, 1.54) is 0 Å². The molecule has 0 atom stereocenters. The molecule has 1 aromatic heterocycles. The minimum Gasteiger partial charge on any atom is -0.456 e. The molecule has 9 rings (SSSR count). The number of rotatable bonds is 3. The Morgan fingerprint density at radius 2 is 1.09 bits per heavy atom. The van der Waals surface area contributed by atoms with Gasteiger partial charge >= 0.3 is 0 Å². The zero-order valence-corrected chi connectivity index (χ0v) is 22.5. The first-order chi connectivity index (χ1) is 26.3. The van der Waals surface area contributed by atoms with Gasteiger partial charge in [0.2, 0.25) is 0 Å². The molecule has 1 heteroatoms. The molecular weight excluding hydrogens is 520 g/mol. The van der Waals surface area contributed by atoms with Crippen LogP contribution in [0.2, 0.25) is 0 Å². The van der Waals surface area contributed by atoms with Crippen LogP contribution in [0, 0.1) is 0 Å². The zero-order valence-electron chi connectivity index (χ0n) is 34.5. The van der Waals surface area contributed by atoms with Crippen molar-refractivity contribution in [2.24, 2.45) is 0 Å². The second-order valence-corrected chi connectivity index (χ2v) is 10.3. The average molecular weight is 559 g/mol. The minimum absolute atomic E-state index is 0.0661. The predicted octanol–water partition coefficient (Wildman–Crippen LogP) is 12.0. The van der Waals surface area contributed by atoms with E-state index < -0.39 is 48.3 Å². The third-order valence-corrected chi connectivity index (χ3v) is 7.98. The SMILES string of the molecule is [2H]c1c([2H])c([2H])c(-c2cccc3oc4ccc(-c5c6ccccc6c(-c6c([2H])c([2H])c7c([2H])c([2H])c([2H])c([2H])c7c6[2H])c6ccccc56)cc4c23)c([2H])c1[2H]. The summed E-state index contributed by atoms with van der Waals surface area (Å²) in [5, 5.41) is 3.81. The molecule has 0 radical (unpaired) electrons. The third-order valence-electron chi connectivity index (χ3n) is 7.98. The van der Waals surface area contributed by atoms with Gasteiger partial charge in [-0.3, -0.25) is 0 Å². The van der Waals surface area contributed by atoms with Gasteiger partial charge in [-0.1, -0.05) is 133 Å². The van der Waals surface area contributed by atoms with Crippen molar-refractivity contribution in [3.8, 4) is 33.4 Å². The van der Waals surface area contributed by atoms with E-state index in [-0.39, 0.29) is 46.1 Å². The number of benzene rings is 8. The van der Waals surface area contributed by atoms with E-state index in [1.807, 2.05) is 66.7 Å². The fourth-order valence-corrected chi connectivity index (χ4v) is 6.19. The molecule has 0 unspecified atom stereocenters. The molecule has 43 heavy (non-hydrogen) atoms. The predicted molar refractivity (Wildman–Crippen MR) is 183 cm³/mol. The standard InChI is InChI=1S/C42H26O/c1-2-12-28(13-3-1)32-19-10-20-39-42(32)37-26-31(23-24-38(37)43-39)41-35-17-8-6-15-33(35)40(34-16-7-9-18-36(34)41)30-22-21-27-11-4-5-14-29(27)25-30/h1-26H/i1D,2D,3D,4D,5D,11D,12D,13D,14D,21D,22D,25D. The third kappa shape index (κ3) is 3.72. The lowest BCUT2D eigenvalue weighted by Gasteiger charge is -2.18. The van der Waals surface area contributed by atoms with E-state index in [0.29, 0.717) is 43.8 Å². The Balaban J connectivity index is 1.38. The van der Waals surface area contributed by atoms with Crippen LogP contribution in [-0.2, 0) is 0 Å². The van der Waals surface area contributed by atoms with E-state index >= 15 is 0 Å². The van der Waals surface area contributed by atoms with E-state index in [1.54, 1.807) is 18.2 Å². The second kappa shape index (κ2) is 9.44. The topological polar surface area (TPSA) is 13.1 Å². The molecule has 200 valence electrons. The summed E-state index contributed by atoms with van der Waals surface area (Å²) < 4.78 is 110. The molecule has 8 aromatic carbocycles. The van der Waals surface area contributed by atoms with E-state index in [4.69, 9.17) is 18.1 Å². The quantitative estimate of drug-likeness (QED) is 0.197. The van der Waals surface area contributed by atoms with Gasteiger partial charge in [-0.05, 0) is 89.9 Å². The van der Waals surface area contributed by atoms with Gasteiger partial charge in [0.15, 0.2) is 0 Å². The van der Waals surface area contributed by atoms with Crippen LogP contribution >= 0.6 is 0 Å². The monoisotopic (exact) mass is 558 g/mol. The Labute approximate surface area is 266 Å². The van der Waals surface area contributed by atoms with Gasteiger partial charge in [0.25, 0.3) is 0 Å². The van der Waals surface area contributed by atoms with Crippen LogP contribution in [-0.4, -0.2) is 0 Å². The summed E-state index contributed by atoms with van der Waals surface area (Å²) in [5.41, 5.74) is 3.68. The van der Waals surface area contributed by atoms with Gasteiger partial charge < -0.3 is 4.42 Å². The first-order valence-electron chi connectivity index (χ1n) is 19.8. The molecule has 0 N–H and O–H groups in total. The highest BCUT2D eigenvalue weighted by Gasteiger charge is 2.19. The highest BCUT2D eigenvalue weighted by molar-refractivity contribution is 6.23. The molecule has 9 aromatic rings. The number of fused-ring (bicyclic) bond motifs is 6. The molecule has 0 aliphatic heterocycles. The normalized spacial score (nSPS) is 15.6. The largest absolute Gasteiger partial charge is 0.456 e. The van der Waals surface area contributed by atoms with Crippen molar-refractivity contribution in [3.05, 3.63) is 157 Å². The Kier molecular flexibility index (Phi) is 3.29. The summed E-state index contributed by atoms with van der Waals surface area (Å²) in [6.45, 7) is 0. The number of furan rings is 1. The van der Waals surface area contributed by atoms with Crippen molar-refractivity contribution in [2.75, 3.05) is 0 Å². The van der Waals surface area contributed by atoms with Gasteiger partial charge in [0.1, 0.15) is 11.2 Å². The van der Waals surface area contributed by atoms with Crippen LogP contribution in [0.3, 0.4) is 0 Å². The highest BCUT2D eigenvalue weighted by atomic mass is 16.3. The molecular formula is C42H26O. The molecule has 0 saturated heterocycles.